The summed E-state index contributed by atoms with van der Waals surface area (Å²) in [6.45, 7) is 3.12. The van der Waals surface area contributed by atoms with Gasteiger partial charge in [-0.2, -0.15) is 0 Å². The van der Waals surface area contributed by atoms with Gasteiger partial charge in [0.2, 0.25) is 0 Å². The van der Waals surface area contributed by atoms with Gasteiger partial charge in [0, 0.05) is 24.4 Å². The van der Waals surface area contributed by atoms with Gasteiger partial charge in [0.05, 0.1) is 18.2 Å². The topological polar surface area (TPSA) is 107 Å². The minimum Gasteiger partial charge on any atom is -0.467 e. The van der Waals surface area contributed by atoms with Gasteiger partial charge in [-0.05, 0) is 40.9 Å². The Morgan fingerprint density at radius 3 is 2.45 bits per heavy atom. The van der Waals surface area contributed by atoms with E-state index in [-0.39, 0.29) is 40.4 Å². The van der Waals surface area contributed by atoms with Gasteiger partial charge in [-0.3, -0.25) is 14.5 Å². The van der Waals surface area contributed by atoms with Crippen molar-refractivity contribution >= 4 is 39.4 Å². The fourth-order valence-electron chi connectivity index (χ4n) is 4.04. The van der Waals surface area contributed by atoms with Crippen molar-refractivity contribution in [3.8, 4) is 0 Å². The van der Waals surface area contributed by atoms with Crippen LogP contribution in [0.25, 0.3) is 0 Å². The molecule has 1 aromatic rings. The molecule has 0 bridgehead atoms. The van der Waals surface area contributed by atoms with Crippen molar-refractivity contribution < 1.29 is 28.6 Å². The Morgan fingerprint density at radius 2 is 1.77 bits per heavy atom. The van der Waals surface area contributed by atoms with E-state index in [1.54, 1.807) is 26.0 Å². The highest BCUT2D eigenvalue weighted by Crippen LogP contribution is 2.40. The number of carbonyl (C=O) groups is 3. The molecule has 0 aromatic heterocycles. The second kappa shape index (κ2) is 8.07. The average Bonchev–Trinajstić information content (AvgIpc) is 2.98. The predicted molar refractivity (Wildman–Crippen MR) is 111 cm³/mol. The van der Waals surface area contributed by atoms with Crippen molar-refractivity contribution in [1.82, 2.24) is 4.90 Å². The van der Waals surface area contributed by atoms with Gasteiger partial charge in [0.1, 0.15) is 5.69 Å². The van der Waals surface area contributed by atoms with E-state index in [1.165, 1.54) is 12.0 Å². The molecule has 1 saturated carbocycles. The summed E-state index contributed by atoms with van der Waals surface area (Å²) in [4.78, 5) is 39.9. The summed E-state index contributed by atoms with van der Waals surface area (Å²) >= 11 is 3.37. The number of amides is 2. The standard InChI is InChI=1S/C21H22BrN3O6/c1-21(2)30-19(28)16(20(29-3)31-21)24-23-15-13(22)10-9-12-14(15)18(27)25(17(12)26)11-7-5-4-6-8-11/h9-11H,4-8H2,1-3H3. The van der Waals surface area contributed by atoms with Crippen molar-refractivity contribution in [2.24, 2.45) is 10.2 Å². The summed E-state index contributed by atoms with van der Waals surface area (Å²) in [6.07, 6.45) is 4.68. The van der Waals surface area contributed by atoms with Crippen LogP contribution in [0.4, 0.5) is 5.69 Å². The molecule has 1 aliphatic carbocycles. The SMILES string of the molecule is COC1=C(N=Nc2c(Br)ccc3c2C(=O)N(C2CCCCC2)C3=O)C(=O)OC(C)(C)O1. The van der Waals surface area contributed by atoms with E-state index in [0.29, 0.717) is 4.47 Å². The number of hydrogen-bond donors (Lipinski definition) is 0. The number of fused-ring (bicyclic) bond motifs is 1. The lowest BCUT2D eigenvalue weighted by Gasteiger charge is -2.30. The van der Waals surface area contributed by atoms with Crippen LogP contribution < -0.4 is 0 Å². The quantitative estimate of drug-likeness (QED) is 0.346. The summed E-state index contributed by atoms with van der Waals surface area (Å²) in [5.41, 5.74) is 0.331. The molecule has 0 saturated heterocycles. The van der Waals surface area contributed by atoms with Crippen molar-refractivity contribution in [2.75, 3.05) is 7.11 Å². The first kappa shape index (κ1) is 21.5. The fraction of sp³-hybridized carbons (Fsp3) is 0.476. The highest BCUT2D eigenvalue weighted by molar-refractivity contribution is 9.10. The number of carbonyl (C=O) groups excluding carboxylic acids is 3. The van der Waals surface area contributed by atoms with Gasteiger partial charge in [-0.15, -0.1) is 10.2 Å². The fourth-order valence-corrected chi connectivity index (χ4v) is 4.45. The minimum absolute atomic E-state index is 0.114. The highest BCUT2D eigenvalue weighted by atomic mass is 79.9. The zero-order chi connectivity index (χ0) is 22.3. The molecule has 2 heterocycles. The van der Waals surface area contributed by atoms with E-state index < -0.39 is 17.7 Å². The molecular weight excluding hydrogens is 470 g/mol. The van der Waals surface area contributed by atoms with Crippen LogP contribution in [-0.2, 0) is 19.0 Å². The van der Waals surface area contributed by atoms with E-state index in [1.807, 2.05) is 0 Å². The molecule has 31 heavy (non-hydrogen) atoms. The largest absolute Gasteiger partial charge is 0.467 e. The number of imide groups is 1. The molecule has 164 valence electrons. The highest BCUT2D eigenvalue weighted by Gasteiger charge is 2.43. The molecule has 3 aliphatic rings. The Morgan fingerprint density at radius 1 is 1.06 bits per heavy atom. The molecule has 0 N–H and O–H groups in total. The van der Waals surface area contributed by atoms with Crippen LogP contribution in [0, 0.1) is 0 Å². The molecule has 1 aromatic carbocycles. The number of ether oxygens (including phenoxy) is 3. The van der Waals surface area contributed by atoms with Gasteiger partial charge in [-0.25, -0.2) is 4.79 Å². The number of cyclic esters (lactones) is 1. The maximum atomic E-state index is 13.2. The van der Waals surface area contributed by atoms with Crippen molar-refractivity contribution in [1.29, 1.82) is 0 Å². The lowest BCUT2D eigenvalue weighted by Crippen LogP contribution is -2.40. The molecule has 0 atom stereocenters. The predicted octanol–water partition coefficient (Wildman–Crippen LogP) is 4.59. The normalized spacial score (nSPS) is 21.4. The second-order valence-corrected chi connectivity index (χ2v) is 8.88. The van der Waals surface area contributed by atoms with Crippen LogP contribution in [0.1, 0.15) is 66.7 Å². The number of hydrogen-bond acceptors (Lipinski definition) is 8. The number of halogens is 1. The zero-order valence-electron chi connectivity index (χ0n) is 17.4. The summed E-state index contributed by atoms with van der Waals surface area (Å²) in [6, 6.07) is 3.12. The first-order valence-electron chi connectivity index (χ1n) is 10.1. The number of benzene rings is 1. The van der Waals surface area contributed by atoms with Crippen molar-refractivity contribution in [3.63, 3.8) is 0 Å². The first-order valence-corrected chi connectivity index (χ1v) is 10.9. The van der Waals surface area contributed by atoms with Crippen molar-refractivity contribution in [2.45, 2.75) is 57.8 Å². The molecule has 2 aliphatic heterocycles. The third-order valence-electron chi connectivity index (χ3n) is 5.45. The van der Waals surface area contributed by atoms with E-state index in [2.05, 4.69) is 26.2 Å². The third kappa shape index (κ3) is 3.84. The van der Waals surface area contributed by atoms with Gasteiger partial charge in [-0.1, -0.05) is 19.3 Å². The van der Waals surface area contributed by atoms with Gasteiger partial charge in [0.15, 0.2) is 0 Å². The lowest BCUT2D eigenvalue weighted by molar-refractivity contribution is -0.224. The smallest absolute Gasteiger partial charge is 0.369 e. The van der Waals surface area contributed by atoms with E-state index in [9.17, 15) is 14.4 Å². The summed E-state index contributed by atoms with van der Waals surface area (Å²) < 4.78 is 16.2. The molecule has 0 spiro atoms. The Hall–Kier alpha value is -2.75. The Bertz CT molecular complexity index is 1030. The maximum absolute atomic E-state index is 13.2. The minimum atomic E-state index is -1.21. The van der Waals surface area contributed by atoms with Gasteiger partial charge >= 0.3 is 11.9 Å². The van der Waals surface area contributed by atoms with E-state index >= 15 is 0 Å². The third-order valence-corrected chi connectivity index (χ3v) is 6.09. The van der Waals surface area contributed by atoms with Crippen LogP contribution >= 0.6 is 15.9 Å². The molecule has 0 radical (unpaired) electrons. The van der Waals surface area contributed by atoms with Crippen LogP contribution in [0.2, 0.25) is 0 Å². The van der Waals surface area contributed by atoms with Crippen LogP contribution in [0.15, 0.2) is 38.5 Å². The first-order chi connectivity index (χ1) is 14.7. The molecule has 0 unspecified atom stereocenters. The Kier molecular flexibility index (Phi) is 5.59. The molecule has 10 heteroatoms. The molecule has 1 fully saturated rings. The number of nitrogens with zero attached hydrogens (tertiary/aromatic N) is 3. The van der Waals surface area contributed by atoms with E-state index in [0.717, 1.165) is 32.1 Å². The number of azo groups is 1. The molecule has 4 rings (SSSR count). The summed E-state index contributed by atoms with van der Waals surface area (Å²) in [5.74, 6) is -2.84. The van der Waals surface area contributed by atoms with Crippen LogP contribution in [0.3, 0.4) is 0 Å². The molecule has 9 nitrogen and oxygen atoms in total. The Balaban J connectivity index is 1.72. The monoisotopic (exact) mass is 491 g/mol. The van der Waals surface area contributed by atoms with Crippen LogP contribution in [0.5, 0.6) is 0 Å². The van der Waals surface area contributed by atoms with Crippen molar-refractivity contribution in [3.05, 3.63) is 39.4 Å². The lowest BCUT2D eigenvalue weighted by atomic mass is 9.94. The number of methoxy groups -OCH3 is 1. The maximum Gasteiger partial charge on any atom is 0.369 e. The molecule has 2 amide bonds. The molecular formula is C21H22BrN3O6. The second-order valence-electron chi connectivity index (χ2n) is 8.02. The summed E-state index contributed by atoms with van der Waals surface area (Å²) in [7, 11) is 1.33. The zero-order valence-corrected chi connectivity index (χ0v) is 19.0. The number of esters is 1. The van der Waals surface area contributed by atoms with E-state index in [4.69, 9.17) is 14.2 Å². The van der Waals surface area contributed by atoms with Gasteiger partial charge < -0.3 is 14.2 Å². The van der Waals surface area contributed by atoms with Crippen LogP contribution in [-0.4, -0.2) is 41.6 Å². The average molecular weight is 492 g/mol. The Labute approximate surface area is 187 Å². The number of rotatable bonds is 4. The van der Waals surface area contributed by atoms with Gasteiger partial charge in [0.25, 0.3) is 23.3 Å². The summed E-state index contributed by atoms with van der Waals surface area (Å²) in [5, 5.41) is 8.08.